The molecule has 0 spiro atoms. The normalized spacial score (nSPS) is 15.2. The van der Waals surface area contributed by atoms with Crippen LogP contribution in [-0.2, 0) is 66.1 Å². The van der Waals surface area contributed by atoms with Crippen molar-refractivity contribution in [3.05, 3.63) is 296 Å². The lowest BCUT2D eigenvalue weighted by atomic mass is 9.71. The molecule has 6 aromatic carbocycles. The molecule has 0 amide bonds. The number of anilines is 2. The van der Waals surface area contributed by atoms with Crippen LogP contribution in [0.4, 0.5) is 11.4 Å². The van der Waals surface area contributed by atoms with Gasteiger partial charge in [0.1, 0.15) is 40.5 Å². The Balaban J connectivity index is 0.000000214. The molecule has 2 aliphatic rings. The Kier molecular flexibility index (Phi) is 30.9. The molecule has 0 saturated carbocycles. The first-order chi connectivity index (χ1) is 59.8. The van der Waals surface area contributed by atoms with E-state index in [1.54, 1.807) is 18.3 Å². The minimum atomic E-state index is -2.09. The summed E-state index contributed by atoms with van der Waals surface area (Å²) < 4.78 is 54.5. The fraction of sp³-hybridized carbons (Fsp3) is 0.478. The Labute approximate surface area is 759 Å². The third-order valence-electron chi connectivity index (χ3n) is 28.3. The Morgan fingerprint density at radius 1 is 0.285 bits per heavy atom. The molecule has 0 saturated heterocycles. The highest BCUT2D eigenvalue weighted by molar-refractivity contribution is 5.67. The molecule has 0 fully saturated rings. The summed E-state index contributed by atoms with van der Waals surface area (Å²) in [6, 6.07) is 53.6. The summed E-state index contributed by atoms with van der Waals surface area (Å²) in [6.07, 6.45) is 25.1. The van der Waals surface area contributed by atoms with Crippen molar-refractivity contribution in [2.45, 2.75) is 324 Å². The molecular formula is C115H166N8+4. The molecule has 123 heavy (non-hydrogen) atoms. The second kappa shape index (κ2) is 41.6. The van der Waals surface area contributed by atoms with Crippen LogP contribution in [0, 0.1) is 69.2 Å². The van der Waals surface area contributed by atoms with Gasteiger partial charge in [-0.15, -0.1) is 0 Å². The first kappa shape index (κ1) is 91.3. The monoisotopic (exact) mass is 1670 g/mol. The summed E-state index contributed by atoms with van der Waals surface area (Å²) in [4.78, 5) is 7.85. The van der Waals surface area contributed by atoms with E-state index in [9.17, 15) is 0 Å². The Morgan fingerprint density at radius 2 is 0.553 bits per heavy atom. The van der Waals surface area contributed by atoms with Crippen LogP contribution in [0.25, 0.3) is 45.0 Å². The Bertz CT molecular complexity index is 5550. The van der Waals surface area contributed by atoms with Gasteiger partial charge in [0, 0.05) is 127 Å². The quantitative estimate of drug-likeness (QED) is 0.0711. The molecule has 2 atom stereocenters. The first-order valence-corrected chi connectivity index (χ1v) is 45.8. The zero-order valence-corrected chi connectivity index (χ0v) is 83.7. The van der Waals surface area contributed by atoms with Crippen LogP contribution in [0.5, 0.6) is 0 Å². The van der Waals surface area contributed by atoms with Gasteiger partial charge in [0.25, 0.3) is 0 Å². The number of hydrogen-bond donors (Lipinski definition) is 0. The van der Waals surface area contributed by atoms with Crippen molar-refractivity contribution < 1.29 is 26.5 Å². The average Bonchev–Trinajstić information content (AvgIpc) is 1.67. The van der Waals surface area contributed by atoms with E-state index < -0.39 is 13.8 Å². The number of nitrogens with zero attached hydrogens (tertiary/aromatic N) is 8. The highest BCUT2D eigenvalue weighted by Gasteiger charge is 2.38. The number of para-hydroxylation sites is 2. The molecule has 8 nitrogen and oxygen atoms in total. The molecule has 8 heteroatoms. The number of pyridine rings is 4. The van der Waals surface area contributed by atoms with Crippen molar-refractivity contribution in [2.75, 3.05) is 23.8 Å². The number of benzene rings is 6. The minimum absolute atomic E-state index is 0.0668. The third kappa shape index (κ3) is 24.0. The topological polar surface area (TPSA) is 28.5 Å². The van der Waals surface area contributed by atoms with E-state index in [0.29, 0.717) is 11.7 Å². The van der Waals surface area contributed by atoms with Crippen molar-refractivity contribution in [3.63, 3.8) is 0 Å². The van der Waals surface area contributed by atoms with Gasteiger partial charge >= 0.3 is 0 Å². The fourth-order valence-corrected chi connectivity index (χ4v) is 16.5. The molecule has 12 rings (SSSR count). The molecule has 662 valence electrons. The standard InChI is InChI=1S/2C24H36N.C23H34N.C20H28N.2C12H16N2/c2*1-10-23(5,6)20-15-22(19-13-12-17(3)14-18(19)4)25(9)16-21(20)24(7,8)11-2;1-9-22(4,5)19-15-21(18-14-12-11-13-17(18)3)24(8)16-20(19)23(6,7)10-2;1-8-20(5,6)18-13-21(7)19(12-16(18)4)17-10-9-14(2)11-15(17)3;2*1-10-6-4-5-7-12(10)14-9-8-13(3)11(14)2/h2*12-16H,10-11H2,1-9H3;11-16H,9-10H2,1-8H3;9-13H,8H2,1-7H3;2*4-9,11H,1-3H3/q4*+1;;/t;;;;2*11-/m....00/s1/i3D3;;;;3D3;. The lowest BCUT2D eigenvalue weighted by Crippen LogP contribution is -2.37. The van der Waals surface area contributed by atoms with Crippen molar-refractivity contribution in [2.24, 2.45) is 28.2 Å². The largest absolute Gasteiger partial charge is 0.359 e. The summed E-state index contributed by atoms with van der Waals surface area (Å²) in [7, 11) is 10.7. The van der Waals surface area contributed by atoms with Crippen LogP contribution in [-0.4, -0.2) is 36.2 Å². The second-order valence-corrected chi connectivity index (χ2v) is 40.1. The van der Waals surface area contributed by atoms with Gasteiger partial charge in [-0.2, -0.15) is 0 Å². The van der Waals surface area contributed by atoms with Gasteiger partial charge in [0.2, 0.25) is 22.8 Å². The molecular weight excluding hydrogens is 1490 g/mol. The van der Waals surface area contributed by atoms with E-state index in [2.05, 4.69) is 410 Å². The van der Waals surface area contributed by atoms with Gasteiger partial charge in [0.15, 0.2) is 24.8 Å². The average molecular weight is 1670 g/mol. The van der Waals surface area contributed by atoms with Crippen molar-refractivity contribution in [1.82, 2.24) is 9.80 Å². The first-order valence-electron chi connectivity index (χ1n) is 48.8. The molecule has 0 N–H and O–H groups in total. The lowest BCUT2D eigenvalue weighted by Gasteiger charge is -2.32. The highest BCUT2D eigenvalue weighted by atomic mass is 15.4. The van der Waals surface area contributed by atoms with Gasteiger partial charge < -0.3 is 19.6 Å². The van der Waals surface area contributed by atoms with E-state index >= 15 is 0 Å². The molecule has 0 radical (unpaired) electrons. The number of aromatic nitrogens is 4. The van der Waals surface area contributed by atoms with E-state index in [1.807, 2.05) is 62.2 Å². The molecule has 10 aromatic rings. The summed E-state index contributed by atoms with van der Waals surface area (Å²) in [5.41, 5.74) is 35.6. The molecule has 4 aromatic heterocycles. The zero-order valence-electron chi connectivity index (χ0n) is 89.7. The van der Waals surface area contributed by atoms with Gasteiger partial charge in [0.05, 0.1) is 0 Å². The molecule has 0 aliphatic carbocycles. The van der Waals surface area contributed by atoms with Gasteiger partial charge in [-0.1, -0.05) is 253 Å². The molecule has 6 heterocycles. The van der Waals surface area contributed by atoms with E-state index in [1.165, 1.54) is 122 Å². The minimum Gasteiger partial charge on any atom is -0.359 e. The summed E-state index contributed by atoms with van der Waals surface area (Å²) in [6.45, 7) is 68.1. The van der Waals surface area contributed by atoms with Crippen molar-refractivity contribution >= 4 is 11.4 Å². The maximum absolute atomic E-state index is 7.67. The van der Waals surface area contributed by atoms with Crippen LogP contribution >= 0.6 is 0 Å². The Morgan fingerprint density at radius 3 is 0.854 bits per heavy atom. The van der Waals surface area contributed by atoms with Crippen LogP contribution in [0.2, 0.25) is 0 Å². The Hall–Kier alpha value is -9.40. The van der Waals surface area contributed by atoms with Gasteiger partial charge in [-0.3, -0.25) is 0 Å². The smallest absolute Gasteiger partial charge is 0.212 e. The zero-order chi connectivity index (χ0) is 97.1. The molecule has 0 unspecified atom stereocenters. The molecule has 0 bridgehead atoms. The maximum atomic E-state index is 7.67. The molecule has 2 aliphatic heterocycles. The maximum Gasteiger partial charge on any atom is 0.212 e. The van der Waals surface area contributed by atoms with Crippen LogP contribution in [0.3, 0.4) is 0 Å². The van der Waals surface area contributed by atoms with E-state index in [0.717, 1.165) is 73.0 Å². The lowest BCUT2D eigenvalue weighted by molar-refractivity contribution is -0.661. The highest BCUT2D eigenvalue weighted by Crippen LogP contribution is 2.44. The second-order valence-electron chi connectivity index (χ2n) is 40.1. The van der Waals surface area contributed by atoms with Crippen LogP contribution < -0.4 is 28.1 Å². The fourth-order valence-electron chi connectivity index (χ4n) is 16.5. The van der Waals surface area contributed by atoms with E-state index in [-0.39, 0.29) is 44.1 Å². The summed E-state index contributed by atoms with van der Waals surface area (Å²) in [5.74, 6) is 0. The predicted molar refractivity (Wildman–Crippen MR) is 533 cm³/mol. The number of aryl methyl sites for hydroxylation is 14. The summed E-state index contributed by atoms with van der Waals surface area (Å²) in [5, 5.41) is 0. The SMILES string of the molecule is CCC(C)(C)c1c[n+](C)c(-c2ccc(C)cc2C)cc1C.CCC(C)(C)c1cc(-c2ccc(C)cc2C)[n+](C)cc1C(C)(C)CC.CCC(C)(C)c1cc(-c2ccccc2C)[n+](C)cc1C(C)(C)CC.Cc1ccccc1N1C=CN(C)[C@@H]1C.[2H]C([2H])([2H])N1C=CN(c2ccccc2C)[C@H]1C.[2H]C([2H])([2H])c1ccc(-c2cc(C(C)(C)CC)c(C(C)(C)CC)c[n+]2C)c(C)c1. The van der Waals surface area contributed by atoms with Gasteiger partial charge in [-0.25, -0.2) is 18.3 Å². The summed E-state index contributed by atoms with van der Waals surface area (Å²) >= 11 is 0. The van der Waals surface area contributed by atoms with Crippen molar-refractivity contribution in [1.29, 1.82) is 0 Å². The van der Waals surface area contributed by atoms with Crippen LogP contribution in [0.15, 0.2) is 201 Å². The van der Waals surface area contributed by atoms with Crippen molar-refractivity contribution in [3.8, 4) is 45.0 Å². The van der Waals surface area contributed by atoms with Crippen LogP contribution in [0.1, 0.15) is 307 Å². The number of hydrogen-bond acceptors (Lipinski definition) is 4. The predicted octanol–water partition coefficient (Wildman–Crippen LogP) is 28.1. The van der Waals surface area contributed by atoms with E-state index in [4.69, 9.17) is 8.22 Å². The number of rotatable bonds is 20. The third-order valence-corrected chi connectivity index (χ3v) is 28.3. The van der Waals surface area contributed by atoms with Gasteiger partial charge in [-0.05, 0) is 258 Å².